The maximum Gasteiger partial charge on any atom is 0.290 e. The number of rotatable bonds is 6. The average Bonchev–Trinajstić information content (AvgIpc) is 2.95. The summed E-state index contributed by atoms with van der Waals surface area (Å²) in [5, 5.41) is 16.2. The fourth-order valence-corrected chi connectivity index (χ4v) is 2.08. The van der Waals surface area contributed by atoms with Crippen molar-refractivity contribution in [1.29, 1.82) is 0 Å². The third kappa shape index (κ3) is 4.39. The topological polar surface area (TPSA) is 80.0 Å². The van der Waals surface area contributed by atoms with Gasteiger partial charge in [-0.3, -0.25) is 4.79 Å². The van der Waals surface area contributed by atoms with E-state index < -0.39 is 0 Å². The number of nitrogens with one attached hydrogen (secondary N) is 1. The van der Waals surface area contributed by atoms with Gasteiger partial charge in [0.15, 0.2) is 0 Å². The maximum absolute atomic E-state index is 12.0. The smallest absolute Gasteiger partial charge is 0.290 e. The summed E-state index contributed by atoms with van der Waals surface area (Å²) in [5.41, 5.74) is 0.853. The van der Waals surface area contributed by atoms with Crippen LogP contribution in [-0.4, -0.2) is 38.4 Å². The van der Waals surface area contributed by atoms with E-state index in [4.69, 9.17) is 0 Å². The largest absolute Gasteiger partial charge is 0.393 e. The van der Waals surface area contributed by atoms with Gasteiger partial charge in [-0.15, -0.1) is 5.10 Å². The van der Waals surface area contributed by atoms with Crippen molar-refractivity contribution in [2.24, 2.45) is 5.92 Å². The zero-order valence-corrected chi connectivity index (χ0v) is 12.2. The Labute approximate surface area is 123 Å². The number of hydrogen-bond acceptors (Lipinski definition) is 4. The van der Waals surface area contributed by atoms with Crippen molar-refractivity contribution in [3.63, 3.8) is 0 Å². The minimum atomic E-state index is -0.368. The molecule has 0 aliphatic carbocycles. The maximum atomic E-state index is 12.0. The van der Waals surface area contributed by atoms with Gasteiger partial charge in [0, 0.05) is 6.54 Å². The standard InChI is InChI=1S/C15H20N4O2/c1-11(8-12(2)20)9-16-15(21)14-17-10-19(18-14)13-6-4-3-5-7-13/h3-7,10-12,20H,8-9H2,1-2H3,(H,16,21). The van der Waals surface area contributed by atoms with Gasteiger partial charge in [0.1, 0.15) is 6.33 Å². The number of aliphatic hydroxyl groups is 1. The molecule has 0 saturated carbocycles. The van der Waals surface area contributed by atoms with Gasteiger partial charge in [-0.05, 0) is 31.4 Å². The SMILES string of the molecule is CC(O)CC(C)CNC(=O)c1ncn(-c2ccccc2)n1. The molecule has 2 rings (SSSR count). The van der Waals surface area contributed by atoms with E-state index in [2.05, 4.69) is 15.4 Å². The number of carbonyl (C=O) groups is 1. The molecule has 2 aromatic rings. The first-order chi connectivity index (χ1) is 10.1. The van der Waals surface area contributed by atoms with Gasteiger partial charge in [-0.2, -0.15) is 0 Å². The summed E-state index contributed by atoms with van der Waals surface area (Å²) >= 11 is 0. The highest BCUT2D eigenvalue weighted by Gasteiger charge is 2.13. The highest BCUT2D eigenvalue weighted by Crippen LogP contribution is 2.06. The summed E-state index contributed by atoms with van der Waals surface area (Å²) in [4.78, 5) is 16.0. The van der Waals surface area contributed by atoms with E-state index in [-0.39, 0.29) is 23.8 Å². The molecular formula is C15H20N4O2. The number of aromatic nitrogens is 3. The number of benzene rings is 1. The second kappa shape index (κ2) is 6.99. The summed E-state index contributed by atoms with van der Waals surface area (Å²) in [7, 11) is 0. The van der Waals surface area contributed by atoms with Crippen LogP contribution >= 0.6 is 0 Å². The van der Waals surface area contributed by atoms with Crippen molar-refractivity contribution in [3.8, 4) is 5.69 Å². The molecule has 6 heteroatoms. The molecule has 0 bridgehead atoms. The predicted molar refractivity (Wildman–Crippen MR) is 79.2 cm³/mol. The van der Waals surface area contributed by atoms with Crippen LogP contribution in [0.3, 0.4) is 0 Å². The third-order valence-corrected chi connectivity index (χ3v) is 3.07. The van der Waals surface area contributed by atoms with Crippen molar-refractivity contribution < 1.29 is 9.90 Å². The van der Waals surface area contributed by atoms with Gasteiger partial charge in [0.2, 0.25) is 5.82 Å². The van der Waals surface area contributed by atoms with E-state index in [0.717, 1.165) is 5.69 Å². The molecule has 1 amide bonds. The van der Waals surface area contributed by atoms with Crippen molar-refractivity contribution in [2.45, 2.75) is 26.4 Å². The summed E-state index contributed by atoms with van der Waals surface area (Å²) in [6, 6.07) is 9.49. The number of aliphatic hydroxyl groups excluding tert-OH is 1. The highest BCUT2D eigenvalue weighted by atomic mass is 16.3. The van der Waals surface area contributed by atoms with Gasteiger partial charge >= 0.3 is 0 Å². The average molecular weight is 288 g/mol. The van der Waals surface area contributed by atoms with Crippen LogP contribution in [0.4, 0.5) is 0 Å². The van der Waals surface area contributed by atoms with Crippen LogP contribution in [0.1, 0.15) is 30.9 Å². The Bertz CT molecular complexity index is 580. The van der Waals surface area contributed by atoms with E-state index in [1.54, 1.807) is 11.6 Å². The van der Waals surface area contributed by atoms with E-state index in [0.29, 0.717) is 13.0 Å². The molecule has 112 valence electrons. The number of hydrogen-bond donors (Lipinski definition) is 2. The van der Waals surface area contributed by atoms with E-state index in [9.17, 15) is 9.90 Å². The fourth-order valence-electron chi connectivity index (χ4n) is 2.08. The molecule has 1 aromatic heterocycles. The van der Waals surface area contributed by atoms with Crippen LogP contribution in [0, 0.1) is 5.92 Å². The number of carbonyl (C=O) groups excluding carboxylic acids is 1. The second-order valence-corrected chi connectivity index (χ2v) is 5.25. The predicted octanol–water partition coefficient (Wildman–Crippen LogP) is 1.40. The van der Waals surface area contributed by atoms with Gasteiger partial charge in [0.05, 0.1) is 11.8 Å². The molecule has 21 heavy (non-hydrogen) atoms. The molecule has 0 aliphatic rings. The lowest BCUT2D eigenvalue weighted by Gasteiger charge is -2.13. The lowest BCUT2D eigenvalue weighted by atomic mass is 10.1. The van der Waals surface area contributed by atoms with Gasteiger partial charge in [0.25, 0.3) is 5.91 Å². The lowest BCUT2D eigenvalue weighted by molar-refractivity contribution is 0.0929. The van der Waals surface area contributed by atoms with Crippen LogP contribution < -0.4 is 5.32 Å². The van der Waals surface area contributed by atoms with Crippen molar-refractivity contribution in [2.75, 3.05) is 6.54 Å². The number of amides is 1. The zero-order valence-electron chi connectivity index (χ0n) is 12.2. The first kappa shape index (κ1) is 15.2. The van der Waals surface area contributed by atoms with E-state index in [1.807, 2.05) is 37.3 Å². The normalized spacial score (nSPS) is 13.7. The second-order valence-electron chi connectivity index (χ2n) is 5.25. The van der Waals surface area contributed by atoms with Crippen molar-refractivity contribution in [3.05, 3.63) is 42.5 Å². The van der Waals surface area contributed by atoms with Crippen LogP contribution in [0.2, 0.25) is 0 Å². The zero-order chi connectivity index (χ0) is 15.2. The van der Waals surface area contributed by atoms with Crippen molar-refractivity contribution in [1.82, 2.24) is 20.1 Å². The minimum Gasteiger partial charge on any atom is -0.393 e. The molecule has 6 nitrogen and oxygen atoms in total. The summed E-state index contributed by atoms with van der Waals surface area (Å²) in [6.45, 7) is 4.20. The molecule has 0 aliphatic heterocycles. The Hall–Kier alpha value is -2.21. The summed E-state index contributed by atoms with van der Waals surface area (Å²) < 4.78 is 1.56. The highest BCUT2D eigenvalue weighted by molar-refractivity contribution is 5.90. The monoisotopic (exact) mass is 288 g/mol. The summed E-state index contributed by atoms with van der Waals surface area (Å²) in [6.07, 6.45) is 1.79. The van der Waals surface area contributed by atoms with E-state index in [1.165, 1.54) is 6.33 Å². The Balaban J connectivity index is 1.93. The molecule has 2 unspecified atom stereocenters. The Kier molecular flexibility index (Phi) is 5.05. The van der Waals surface area contributed by atoms with Gasteiger partial charge < -0.3 is 10.4 Å². The van der Waals surface area contributed by atoms with Crippen molar-refractivity contribution >= 4 is 5.91 Å². The molecule has 2 atom stereocenters. The molecule has 1 heterocycles. The number of para-hydroxylation sites is 1. The van der Waals surface area contributed by atoms with E-state index >= 15 is 0 Å². The molecule has 0 saturated heterocycles. The molecule has 0 spiro atoms. The lowest BCUT2D eigenvalue weighted by Crippen LogP contribution is -2.30. The Morgan fingerprint density at radius 1 is 1.33 bits per heavy atom. The first-order valence-electron chi connectivity index (χ1n) is 6.99. The summed E-state index contributed by atoms with van der Waals surface area (Å²) in [5.74, 6) is 0.0374. The quantitative estimate of drug-likeness (QED) is 0.842. The van der Waals surface area contributed by atoms with Crippen LogP contribution in [0.5, 0.6) is 0 Å². The third-order valence-electron chi connectivity index (χ3n) is 3.07. The Morgan fingerprint density at radius 2 is 2.05 bits per heavy atom. The first-order valence-corrected chi connectivity index (χ1v) is 6.99. The molecular weight excluding hydrogens is 268 g/mol. The van der Waals surface area contributed by atoms with Gasteiger partial charge in [-0.1, -0.05) is 25.1 Å². The van der Waals surface area contributed by atoms with Crippen LogP contribution in [0.25, 0.3) is 5.69 Å². The fraction of sp³-hybridized carbons (Fsp3) is 0.400. The molecule has 2 N–H and O–H groups in total. The van der Waals surface area contributed by atoms with Crippen LogP contribution in [0.15, 0.2) is 36.7 Å². The number of nitrogens with zero attached hydrogens (tertiary/aromatic N) is 3. The minimum absolute atomic E-state index is 0.142. The molecule has 1 aromatic carbocycles. The van der Waals surface area contributed by atoms with Gasteiger partial charge in [-0.25, -0.2) is 9.67 Å². The molecule has 0 radical (unpaired) electrons. The Morgan fingerprint density at radius 3 is 2.71 bits per heavy atom. The van der Waals surface area contributed by atoms with Crippen LogP contribution in [-0.2, 0) is 0 Å². The molecule has 0 fully saturated rings.